The zero-order valence-electron chi connectivity index (χ0n) is 16.4. The molecule has 150 valence electrons. The maximum atomic E-state index is 12.0. The first-order valence-electron chi connectivity index (χ1n) is 8.22. The summed E-state index contributed by atoms with van der Waals surface area (Å²) < 4.78 is 35.4. The molecule has 0 aromatic heterocycles. The zero-order chi connectivity index (χ0) is 20.3. The molecule has 0 fully saturated rings. The van der Waals surface area contributed by atoms with Crippen LogP contribution in [0.3, 0.4) is 0 Å². The van der Waals surface area contributed by atoms with Crippen molar-refractivity contribution in [3.63, 3.8) is 0 Å². The van der Waals surface area contributed by atoms with E-state index in [9.17, 15) is 18.0 Å². The number of rotatable bonds is 7. The molecule has 0 saturated heterocycles. The minimum atomic E-state index is -4.42. The smallest absolute Gasteiger partial charge is 0.407 e. The van der Waals surface area contributed by atoms with Crippen LogP contribution in [-0.4, -0.2) is 108 Å². The molecule has 1 unspecified atom stereocenters. The Morgan fingerprint density at radius 2 is 1.53 bits per heavy atom. The van der Waals surface area contributed by atoms with E-state index >= 15 is 0 Å². The number of ether oxygens (including phenoxy) is 1. The van der Waals surface area contributed by atoms with E-state index in [-0.39, 0.29) is 82.4 Å². The predicted molar refractivity (Wildman–Crippen MR) is 115 cm³/mol. The molecule has 1 aliphatic rings. The number of carboxylic acid groups (broad SMARTS) is 1. The molecule has 2 aromatic rings. The Balaban J connectivity index is 0.00000225. The molecule has 1 amide bonds. The summed E-state index contributed by atoms with van der Waals surface area (Å²) in [7, 11) is -4.41. The molecule has 1 atom stereocenters. The third kappa shape index (κ3) is 6.98. The molecule has 0 saturated carbocycles. The fraction of sp³-hybridized carbons (Fsp3) is 0.222. The van der Waals surface area contributed by atoms with E-state index in [0.717, 1.165) is 22.3 Å². The summed E-state index contributed by atoms with van der Waals surface area (Å²) in [5, 5.41) is 11.2. The second kappa shape index (κ2) is 11.9. The van der Waals surface area contributed by atoms with Gasteiger partial charge in [0.1, 0.15) is 12.6 Å². The van der Waals surface area contributed by atoms with Crippen molar-refractivity contribution in [1.29, 1.82) is 0 Å². The molecule has 8 nitrogen and oxygen atoms in total. The maximum absolute atomic E-state index is 12.0. The van der Waals surface area contributed by atoms with Gasteiger partial charge in [-0.25, -0.2) is 9.59 Å². The number of nitrogens with one attached hydrogen (secondary N) is 1. The summed E-state index contributed by atoms with van der Waals surface area (Å²) in [5.41, 5.74) is 4.13. The van der Waals surface area contributed by atoms with E-state index in [1.807, 2.05) is 48.5 Å². The number of carbonyl (C=O) groups excluding carboxylic acids is 1. The normalized spacial score (nSPS) is 13.1. The van der Waals surface area contributed by atoms with Crippen molar-refractivity contribution < 1.29 is 32.4 Å². The number of aliphatic carboxylic acids is 1. The van der Waals surface area contributed by atoms with Crippen molar-refractivity contribution in [3.05, 3.63) is 59.7 Å². The number of hydrogen-bond donors (Lipinski definition) is 3. The maximum Gasteiger partial charge on any atom is 0.407 e. The number of carbonyl (C=O) groups is 2. The topological polar surface area (TPSA) is 130 Å². The Hall–Kier alpha value is -0.560. The summed E-state index contributed by atoms with van der Waals surface area (Å²) in [5.74, 6) is -2.18. The van der Waals surface area contributed by atoms with Gasteiger partial charge in [-0.15, -0.1) is 0 Å². The Bertz CT molecular complexity index is 972. The summed E-state index contributed by atoms with van der Waals surface area (Å²) in [4.78, 5) is 23.2. The number of benzene rings is 2. The van der Waals surface area contributed by atoms with E-state index < -0.39 is 33.0 Å². The molecule has 3 N–H and O–H groups in total. The molecule has 0 heterocycles. The van der Waals surface area contributed by atoms with Crippen molar-refractivity contribution >= 4 is 91.1 Å². The van der Waals surface area contributed by atoms with Gasteiger partial charge in [0.25, 0.3) is 0 Å². The second-order valence-corrected chi connectivity index (χ2v) is 9.47. The van der Waals surface area contributed by atoms with Crippen LogP contribution in [0.5, 0.6) is 0 Å². The first kappa shape index (κ1) is 27.5. The fourth-order valence-electron chi connectivity index (χ4n) is 3.11. The van der Waals surface area contributed by atoms with E-state index in [4.69, 9.17) is 14.4 Å². The monoisotopic (exact) mass is 469 g/mol. The van der Waals surface area contributed by atoms with Crippen LogP contribution in [0.1, 0.15) is 17.0 Å². The number of carboxylic acids is 1. The summed E-state index contributed by atoms with van der Waals surface area (Å²) in [6.45, 7) is -0.00234. The molecule has 1 aliphatic carbocycles. The molecule has 2 radical (unpaired) electrons. The molecule has 30 heavy (non-hydrogen) atoms. The van der Waals surface area contributed by atoms with Crippen molar-refractivity contribution in [3.8, 4) is 11.1 Å². The van der Waals surface area contributed by atoms with Gasteiger partial charge in [-0.05, 0) is 33.0 Å². The van der Waals surface area contributed by atoms with Gasteiger partial charge in [-0.3, -0.25) is 4.55 Å². The Labute approximate surface area is 221 Å². The van der Waals surface area contributed by atoms with Gasteiger partial charge in [0, 0.05) is 70.8 Å². The van der Waals surface area contributed by atoms with E-state index in [1.165, 1.54) is 0 Å². The number of fused-ring (bicyclic) bond motifs is 3. The van der Waals surface area contributed by atoms with Crippen LogP contribution in [0.15, 0.2) is 48.5 Å². The molecule has 0 spiro atoms. The predicted octanol–water partition coefficient (Wildman–Crippen LogP) is 1.75. The van der Waals surface area contributed by atoms with Crippen molar-refractivity contribution in [1.82, 2.24) is 5.32 Å². The van der Waals surface area contributed by atoms with Crippen molar-refractivity contribution in [2.75, 3.05) is 12.4 Å². The van der Waals surface area contributed by atoms with Gasteiger partial charge in [0.15, 0.2) is 0 Å². The molecule has 2 aromatic carbocycles. The number of hydrogen-bond acceptors (Lipinski definition) is 6. The van der Waals surface area contributed by atoms with Crippen LogP contribution in [-0.2, 0) is 18.7 Å². The van der Waals surface area contributed by atoms with E-state index in [0.29, 0.717) is 0 Å². The van der Waals surface area contributed by atoms with Crippen LogP contribution in [0.25, 0.3) is 11.1 Å². The SMILES string of the molecule is O=C(NC(CSS(=O)(=O)O)C(=O)O)OCC1c2ccccc2-c2ccccc21.[Na].[Na]. The molecular weight excluding hydrogens is 452 g/mol. The third-order valence-corrected chi connectivity index (χ3v) is 6.39. The number of alkyl carbamates (subject to hydrolysis) is 1. The van der Waals surface area contributed by atoms with Crippen molar-refractivity contribution in [2.24, 2.45) is 0 Å². The third-order valence-electron chi connectivity index (χ3n) is 4.32. The number of amides is 1. The van der Waals surface area contributed by atoms with Gasteiger partial charge < -0.3 is 15.2 Å². The van der Waals surface area contributed by atoms with Crippen LogP contribution >= 0.6 is 10.8 Å². The zero-order valence-corrected chi connectivity index (χ0v) is 22.1. The average molecular weight is 469 g/mol. The van der Waals surface area contributed by atoms with Gasteiger partial charge in [-0.2, -0.15) is 8.42 Å². The molecule has 0 aliphatic heterocycles. The van der Waals surface area contributed by atoms with Crippen LogP contribution in [0.4, 0.5) is 4.79 Å². The summed E-state index contributed by atoms with van der Waals surface area (Å²) >= 11 is 0. The molecular formula is C18H17NNa2O7S2. The molecule has 12 heteroatoms. The first-order valence-corrected chi connectivity index (χ1v) is 11.2. The van der Waals surface area contributed by atoms with E-state index in [1.54, 1.807) is 0 Å². The van der Waals surface area contributed by atoms with Gasteiger partial charge >= 0.3 is 21.2 Å². The Morgan fingerprint density at radius 1 is 1.03 bits per heavy atom. The minimum Gasteiger partial charge on any atom is -0.480 e. The van der Waals surface area contributed by atoms with Crippen LogP contribution < -0.4 is 5.32 Å². The Kier molecular flexibility index (Phi) is 10.9. The standard InChI is InChI=1S/C18H17NO7S2.2Na/c20-17(21)16(10-27-28(23,24)25)19-18(22)26-9-15-13-7-3-1-5-11(13)12-6-2-4-8-14(12)15;;/h1-8,15-16H,9-10H2,(H,19,22)(H,20,21)(H,23,24,25);;. The van der Waals surface area contributed by atoms with Crippen LogP contribution in [0, 0.1) is 0 Å². The first-order chi connectivity index (χ1) is 13.3. The van der Waals surface area contributed by atoms with E-state index in [2.05, 4.69) is 5.32 Å². The summed E-state index contributed by atoms with van der Waals surface area (Å²) in [6.07, 6.45) is -0.981. The van der Waals surface area contributed by atoms with Gasteiger partial charge in [-0.1, -0.05) is 48.5 Å². The summed E-state index contributed by atoms with van der Waals surface area (Å²) in [6, 6.07) is 14.0. The average Bonchev–Trinajstić information content (AvgIpc) is 2.96. The van der Waals surface area contributed by atoms with Crippen molar-refractivity contribution in [2.45, 2.75) is 12.0 Å². The Morgan fingerprint density at radius 3 is 2.00 bits per heavy atom. The van der Waals surface area contributed by atoms with Gasteiger partial charge in [0.05, 0.1) is 0 Å². The largest absolute Gasteiger partial charge is 0.480 e. The second-order valence-electron chi connectivity index (χ2n) is 6.07. The fourth-order valence-corrected chi connectivity index (χ4v) is 4.57. The molecule has 3 rings (SSSR count). The molecule has 0 bridgehead atoms. The van der Waals surface area contributed by atoms with Gasteiger partial charge in [0.2, 0.25) is 0 Å². The van der Waals surface area contributed by atoms with Crippen LogP contribution in [0.2, 0.25) is 0 Å². The quantitative estimate of drug-likeness (QED) is 0.318. The minimum absolute atomic E-state index is 0.